The molecule has 5 unspecified atom stereocenters. The van der Waals surface area contributed by atoms with Crippen LogP contribution in [0.1, 0.15) is 53.1 Å². The second-order valence-corrected chi connectivity index (χ2v) is 13.8. The molecule has 2 fully saturated rings. The lowest BCUT2D eigenvalue weighted by Gasteiger charge is -2.45. The summed E-state index contributed by atoms with van der Waals surface area (Å²) in [5.74, 6) is 0.472. The average Bonchev–Trinajstić information content (AvgIpc) is 3.22. The van der Waals surface area contributed by atoms with E-state index in [1.807, 2.05) is 97.1 Å². The number of hydrogen-bond acceptors (Lipinski definition) is 9. The Morgan fingerprint density at radius 1 is 0.778 bits per heavy atom. The smallest absolute Gasteiger partial charge is 0.319 e. The number of ether oxygens (including phenoxy) is 2. The lowest BCUT2D eigenvalue weighted by atomic mass is 9.83. The van der Waals surface area contributed by atoms with E-state index >= 15 is 0 Å². The fourth-order valence-corrected chi connectivity index (χ4v) is 7.24. The molecular weight excluding hydrogens is 681 g/mol. The first-order chi connectivity index (χ1) is 26.4. The van der Waals surface area contributed by atoms with E-state index in [1.54, 1.807) is 18.5 Å². The molecule has 1 aromatic heterocycles. The topological polar surface area (TPSA) is 129 Å². The van der Waals surface area contributed by atoms with Gasteiger partial charge in [-0.3, -0.25) is 9.69 Å². The molecule has 2 amide bonds. The maximum Gasteiger partial charge on any atom is 0.319 e. The number of hydrogen-bond donors (Lipinski definition) is 3. The molecule has 3 N–H and O–H groups in total. The molecule has 2 aliphatic rings. The molecule has 0 saturated carbocycles. The minimum atomic E-state index is -0.746. The van der Waals surface area contributed by atoms with E-state index in [0.29, 0.717) is 18.7 Å². The number of carbonyl (C=O) groups excluding carboxylic acids is 2. The number of carbonyl (C=O) groups is 2. The molecule has 54 heavy (non-hydrogen) atoms. The van der Waals surface area contributed by atoms with Crippen LogP contribution in [0.4, 0.5) is 16.4 Å². The van der Waals surface area contributed by atoms with Crippen molar-refractivity contribution in [3.05, 3.63) is 155 Å². The number of nitrogens with zero attached hydrogens (tertiary/aromatic N) is 4. The van der Waals surface area contributed by atoms with Crippen molar-refractivity contribution >= 4 is 23.5 Å². The van der Waals surface area contributed by atoms with Crippen LogP contribution < -0.4 is 15.5 Å². The van der Waals surface area contributed by atoms with Gasteiger partial charge in [0.1, 0.15) is 0 Å². The van der Waals surface area contributed by atoms with Crippen LogP contribution in [-0.2, 0) is 27.3 Å². The van der Waals surface area contributed by atoms with Gasteiger partial charge in [-0.2, -0.15) is 0 Å². The molecule has 7 rings (SSSR count). The molecule has 0 aliphatic carbocycles. The van der Waals surface area contributed by atoms with Crippen LogP contribution >= 0.6 is 0 Å². The summed E-state index contributed by atoms with van der Waals surface area (Å²) in [5, 5.41) is 15.5. The minimum Gasteiger partial charge on any atom is -0.392 e. The molecule has 0 bridgehead atoms. The number of urea groups is 1. The minimum absolute atomic E-state index is 0.0466. The molecule has 0 radical (unpaired) electrons. The number of amides is 2. The molecule has 0 spiro atoms. The van der Waals surface area contributed by atoms with Gasteiger partial charge in [-0.25, -0.2) is 14.8 Å². The fourth-order valence-electron chi connectivity index (χ4n) is 7.24. The van der Waals surface area contributed by atoms with Crippen LogP contribution in [0.15, 0.2) is 128 Å². The number of rotatable bonds is 12. The molecule has 278 valence electrons. The van der Waals surface area contributed by atoms with Gasteiger partial charge in [0.05, 0.1) is 24.9 Å². The second kappa shape index (κ2) is 17.6. The van der Waals surface area contributed by atoms with E-state index in [9.17, 15) is 14.7 Å². The lowest BCUT2D eigenvalue weighted by molar-refractivity contribution is -0.263. The Balaban J connectivity index is 1.13. The maximum absolute atomic E-state index is 13.2. The quantitative estimate of drug-likeness (QED) is 0.141. The number of nitrogens with one attached hydrogen (secondary N) is 2. The van der Waals surface area contributed by atoms with E-state index in [4.69, 9.17) is 9.47 Å². The van der Waals surface area contributed by atoms with E-state index in [-0.39, 0.29) is 30.5 Å². The van der Waals surface area contributed by atoms with Crippen molar-refractivity contribution in [1.29, 1.82) is 0 Å². The highest BCUT2D eigenvalue weighted by Crippen LogP contribution is 2.47. The number of anilines is 2. The van der Waals surface area contributed by atoms with Crippen molar-refractivity contribution in [3.63, 3.8) is 0 Å². The van der Waals surface area contributed by atoms with E-state index in [1.165, 1.54) is 6.92 Å². The Morgan fingerprint density at radius 2 is 1.46 bits per heavy atom. The average molecular weight is 727 g/mol. The van der Waals surface area contributed by atoms with Gasteiger partial charge < -0.3 is 30.1 Å². The first kappa shape index (κ1) is 36.9. The summed E-state index contributed by atoms with van der Waals surface area (Å²) in [6.45, 7) is 5.34. The summed E-state index contributed by atoms with van der Waals surface area (Å²) < 4.78 is 13.9. The van der Waals surface area contributed by atoms with Crippen LogP contribution in [0, 0.1) is 0 Å². The zero-order chi connectivity index (χ0) is 37.3. The zero-order valence-corrected chi connectivity index (χ0v) is 30.3. The molecule has 4 aromatic carbocycles. The summed E-state index contributed by atoms with van der Waals surface area (Å²) in [5.41, 5.74) is 5.17. The van der Waals surface area contributed by atoms with Gasteiger partial charge in [0.15, 0.2) is 12.1 Å². The number of benzene rings is 4. The van der Waals surface area contributed by atoms with E-state index in [0.717, 1.165) is 59.9 Å². The number of aliphatic hydroxyl groups excluding tert-OH is 1. The van der Waals surface area contributed by atoms with Crippen molar-refractivity contribution in [2.24, 2.45) is 0 Å². The molecule has 3 heterocycles. The highest BCUT2D eigenvalue weighted by atomic mass is 16.7. The summed E-state index contributed by atoms with van der Waals surface area (Å²) in [6, 6.07) is 36.0. The predicted molar refractivity (Wildman–Crippen MR) is 207 cm³/mol. The monoisotopic (exact) mass is 726 g/mol. The van der Waals surface area contributed by atoms with Crippen LogP contribution in [0.5, 0.6) is 0 Å². The number of ketones is 1. The third-order valence-corrected chi connectivity index (χ3v) is 10.1. The van der Waals surface area contributed by atoms with Crippen LogP contribution in [-0.4, -0.2) is 76.7 Å². The van der Waals surface area contributed by atoms with Gasteiger partial charge in [-0.1, -0.05) is 97.1 Å². The molecule has 5 aromatic rings. The first-order valence-corrected chi connectivity index (χ1v) is 18.5. The number of Topliss-reactive ketones (excluding diaryl/α,β-unsaturated/α-hetero) is 1. The summed E-state index contributed by atoms with van der Waals surface area (Å²) in [7, 11) is 0. The summed E-state index contributed by atoms with van der Waals surface area (Å²) in [6.07, 6.45) is 2.55. The Bertz CT molecular complexity index is 1960. The molecule has 2 aliphatic heterocycles. The highest BCUT2D eigenvalue weighted by Gasteiger charge is 2.43. The molecule has 2 saturated heterocycles. The van der Waals surface area contributed by atoms with Crippen LogP contribution in [0.25, 0.3) is 0 Å². The van der Waals surface area contributed by atoms with Gasteiger partial charge in [0, 0.05) is 62.3 Å². The van der Waals surface area contributed by atoms with Crippen molar-refractivity contribution in [2.45, 2.75) is 50.4 Å². The Labute approximate surface area is 316 Å². The second-order valence-electron chi connectivity index (χ2n) is 13.8. The normalized spacial score (nSPS) is 20.9. The largest absolute Gasteiger partial charge is 0.392 e. The molecule has 5 atom stereocenters. The third kappa shape index (κ3) is 9.18. The van der Waals surface area contributed by atoms with Gasteiger partial charge in [0.25, 0.3) is 0 Å². The summed E-state index contributed by atoms with van der Waals surface area (Å²) in [4.78, 5) is 39.2. The predicted octanol–water partition coefficient (Wildman–Crippen LogP) is 6.05. The van der Waals surface area contributed by atoms with Crippen molar-refractivity contribution in [3.8, 4) is 0 Å². The molecule has 11 nitrogen and oxygen atoms in total. The SMILES string of the molecule is CC(=O)C(Cc1ccccc1)NC(=O)Nc1cccc(C2OC(CN3CCN(c4ncccn4)CC3)C(c3ccccc3)C(c3ccc(CO)cc3)O2)c1. The number of aromatic nitrogens is 2. The van der Waals surface area contributed by atoms with Crippen molar-refractivity contribution in [2.75, 3.05) is 42.9 Å². The Kier molecular flexibility index (Phi) is 12.0. The summed E-state index contributed by atoms with van der Waals surface area (Å²) >= 11 is 0. The maximum atomic E-state index is 13.2. The highest BCUT2D eigenvalue weighted by molar-refractivity contribution is 5.93. The Hall–Kier alpha value is -5.46. The van der Waals surface area contributed by atoms with E-state index in [2.05, 4.69) is 42.5 Å². The fraction of sp³-hybridized carbons (Fsp3) is 0.302. The van der Waals surface area contributed by atoms with E-state index < -0.39 is 18.4 Å². The van der Waals surface area contributed by atoms with Gasteiger partial charge in [0.2, 0.25) is 5.95 Å². The number of piperazine rings is 1. The first-order valence-electron chi connectivity index (χ1n) is 18.5. The lowest BCUT2D eigenvalue weighted by Crippen LogP contribution is -2.51. The Morgan fingerprint density at radius 3 is 2.15 bits per heavy atom. The van der Waals surface area contributed by atoms with Gasteiger partial charge >= 0.3 is 6.03 Å². The number of aliphatic hydroxyl groups is 1. The standard InChI is InChI=1S/C43H46N6O5/c1-30(51)37(26-31-10-4-2-5-11-31)47-43(52)46-36-15-8-14-35(27-36)41-53-38(28-48-22-24-49(25-23-48)42-44-20-9-21-45-42)39(33-12-6-3-7-13-33)40(54-41)34-18-16-32(29-50)17-19-34/h2-21,27,37-41,50H,22-26,28-29H2,1H3,(H2,46,47,52). The molecule has 11 heteroatoms. The van der Waals surface area contributed by atoms with Crippen molar-refractivity contribution < 1.29 is 24.2 Å². The van der Waals surface area contributed by atoms with Crippen molar-refractivity contribution in [1.82, 2.24) is 20.2 Å². The van der Waals surface area contributed by atoms with Crippen LogP contribution in [0.2, 0.25) is 0 Å². The third-order valence-electron chi connectivity index (χ3n) is 10.1. The zero-order valence-electron chi connectivity index (χ0n) is 30.3. The van der Waals surface area contributed by atoms with Gasteiger partial charge in [-0.15, -0.1) is 0 Å². The van der Waals surface area contributed by atoms with Crippen LogP contribution in [0.3, 0.4) is 0 Å². The molecular formula is C43H46N6O5. The van der Waals surface area contributed by atoms with Gasteiger partial charge in [-0.05, 0) is 53.8 Å².